The average molecular weight is 274 g/mol. The second-order valence-corrected chi connectivity index (χ2v) is 7.79. The van der Waals surface area contributed by atoms with Gasteiger partial charge in [0.25, 0.3) is 0 Å². The molecule has 2 rings (SSSR count). The van der Waals surface area contributed by atoms with Crippen molar-refractivity contribution in [3.05, 3.63) is 0 Å². The van der Waals surface area contributed by atoms with Crippen LogP contribution in [0.4, 0.5) is 0 Å². The quantitative estimate of drug-likeness (QED) is 0.847. The molecule has 2 heterocycles. The normalized spacial score (nSPS) is 28.4. The van der Waals surface area contributed by atoms with Crippen molar-refractivity contribution in [2.45, 2.75) is 51.5 Å². The Kier molecular flexibility index (Phi) is 5.04. The van der Waals surface area contributed by atoms with Crippen LogP contribution in [-0.4, -0.2) is 44.2 Å². The summed E-state index contributed by atoms with van der Waals surface area (Å²) in [5.41, 5.74) is 0. The number of rotatable bonds is 4. The summed E-state index contributed by atoms with van der Waals surface area (Å²) in [4.78, 5) is 0. The molecule has 0 aromatic rings. The van der Waals surface area contributed by atoms with Gasteiger partial charge in [-0.25, -0.2) is 8.42 Å². The zero-order chi connectivity index (χ0) is 13.0. The van der Waals surface area contributed by atoms with Crippen LogP contribution in [0.1, 0.15) is 45.4 Å². The van der Waals surface area contributed by atoms with E-state index in [1.54, 1.807) is 4.31 Å². The Morgan fingerprint density at radius 1 is 1.17 bits per heavy atom. The van der Waals surface area contributed by atoms with Crippen LogP contribution in [-0.2, 0) is 10.0 Å². The Balaban J connectivity index is 1.85. The second kappa shape index (κ2) is 6.35. The standard InChI is InChI=1S/C13H26N2O2S/c1-12-4-2-3-10-15(12)18(16,17)11-7-13-5-8-14-9-6-13/h12-14H,2-11H2,1H3. The Bertz CT molecular complexity index is 350. The predicted molar refractivity (Wildman–Crippen MR) is 74.0 cm³/mol. The summed E-state index contributed by atoms with van der Waals surface area (Å²) in [5.74, 6) is 0.947. The van der Waals surface area contributed by atoms with Gasteiger partial charge in [0.15, 0.2) is 0 Å². The number of nitrogens with one attached hydrogen (secondary N) is 1. The maximum absolute atomic E-state index is 12.3. The lowest BCUT2D eigenvalue weighted by molar-refractivity contribution is 0.267. The molecule has 0 aliphatic carbocycles. The summed E-state index contributed by atoms with van der Waals surface area (Å²) in [6.45, 7) is 4.87. The number of hydrogen-bond donors (Lipinski definition) is 1. The maximum Gasteiger partial charge on any atom is 0.214 e. The van der Waals surface area contributed by atoms with Gasteiger partial charge >= 0.3 is 0 Å². The van der Waals surface area contributed by atoms with Gasteiger partial charge in [0, 0.05) is 12.6 Å². The predicted octanol–water partition coefficient (Wildman–Crippen LogP) is 1.58. The molecule has 0 bridgehead atoms. The smallest absolute Gasteiger partial charge is 0.214 e. The molecular weight excluding hydrogens is 248 g/mol. The molecule has 2 saturated heterocycles. The van der Waals surface area contributed by atoms with Crippen molar-refractivity contribution in [2.75, 3.05) is 25.4 Å². The van der Waals surface area contributed by atoms with Gasteiger partial charge in [0.1, 0.15) is 0 Å². The van der Waals surface area contributed by atoms with Crippen LogP contribution in [0, 0.1) is 5.92 Å². The van der Waals surface area contributed by atoms with Crippen LogP contribution in [0.25, 0.3) is 0 Å². The first-order valence-electron chi connectivity index (χ1n) is 7.30. The highest BCUT2D eigenvalue weighted by atomic mass is 32.2. The highest BCUT2D eigenvalue weighted by Gasteiger charge is 2.29. The molecular formula is C13H26N2O2S. The first-order valence-corrected chi connectivity index (χ1v) is 8.91. The van der Waals surface area contributed by atoms with E-state index in [0.717, 1.165) is 51.7 Å². The van der Waals surface area contributed by atoms with Crippen LogP contribution in [0.3, 0.4) is 0 Å². The fourth-order valence-corrected chi connectivity index (χ4v) is 5.01. The number of nitrogens with zero attached hydrogens (tertiary/aromatic N) is 1. The van der Waals surface area contributed by atoms with Gasteiger partial charge in [-0.05, 0) is 58.0 Å². The lowest BCUT2D eigenvalue weighted by Gasteiger charge is -2.33. The van der Waals surface area contributed by atoms with E-state index >= 15 is 0 Å². The summed E-state index contributed by atoms with van der Waals surface area (Å²) < 4.78 is 26.4. The summed E-state index contributed by atoms with van der Waals surface area (Å²) in [6, 6.07) is 0.205. The van der Waals surface area contributed by atoms with Gasteiger partial charge in [-0.3, -0.25) is 0 Å². The lowest BCUT2D eigenvalue weighted by Crippen LogP contribution is -2.43. The Morgan fingerprint density at radius 2 is 1.89 bits per heavy atom. The number of hydrogen-bond acceptors (Lipinski definition) is 3. The van der Waals surface area contributed by atoms with E-state index in [9.17, 15) is 8.42 Å². The van der Waals surface area contributed by atoms with Gasteiger partial charge in [-0.2, -0.15) is 4.31 Å². The molecule has 2 fully saturated rings. The number of sulfonamides is 1. The van der Waals surface area contributed by atoms with Crippen molar-refractivity contribution in [2.24, 2.45) is 5.92 Å². The van der Waals surface area contributed by atoms with E-state index in [0.29, 0.717) is 11.7 Å². The highest BCUT2D eigenvalue weighted by molar-refractivity contribution is 7.89. The largest absolute Gasteiger partial charge is 0.317 e. The summed E-state index contributed by atoms with van der Waals surface area (Å²) in [5, 5.41) is 3.32. The molecule has 2 aliphatic heterocycles. The molecule has 0 aromatic heterocycles. The van der Waals surface area contributed by atoms with Crippen molar-refractivity contribution in [1.82, 2.24) is 9.62 Å². The second-order valence-electron chi connectivity index (χ2n) is 5.75. The van der Waals surface area contributed by atoms with Crippen molar-refractivity contribution in [1.29, 1.82) is 0 Å². The molecule has 1 N–H and O–H groups in total. The molecule has 0 saturated carbocycles. The molecule has 0 amide bonds. The monoisotopic (exact) mass is 274 g/mol. The van der Waals surface area contributed by atoms with Crippen molar-refractivity contribution < 1.29 is 8.42 Å². The van der Waals surface area contributed by atoms with E-state index in [-0.39, 0.29) is 6.04 Å². The van der Waals surface area contributed by atoms with E-state index in [1.807, 2.05) is 6.92 Å². The van der Waals surface area contributed by atoms with Crippen LogP contribution < -0.4 is 5.32 Å². The topological polar surface area (TPSA) is 49.4 Å². The molecule has 18 heavy (non-hydrogen) atoms. The third-order valence-electron chi connectivity index (χ3n) is 4.34. The molecule has 5 heteroatoms. The maximum atomic E-state index is 12.3. The Labute approximate surface area is 111 Å². The van der Waals surface area contributed by atoms with Gasteiger partial charge < -0.3 is 5.32 Å². The minimum Gasteiger partial charge on any atom is -0.317 e. The minimum atomic E-state index is -3.02. The van der Waals surface area contributed by atoms with Gasteiger partial charge in [-0.15, -0.1) is 0 Å². The van der Waals surface area contributed by atoms with E-state index in [1.165, 1.54) is 6.42 Å². The lowest BCUT2D eigenvalue weighted by atomic mass is 9.96. The van der Waals surface area contributed by atoms with E-state index in [4.69, 9.17) is 0 Å². The molecule has 4 nitrogen and oxygen atoms in total. The Hall–Kier alpha value is -0.130. The van der Waals surface area contributed by atoms with Gasteiger partial charge in [0.2, 0.25) is 10.0 Å². The molecule has 0 radical (unpaired) electrons. The summed E-state index contributed by atoms with van der Waals surface area (Å²) in [7, 11) is -3.02. The van der Waals surface area contributed by atoms with Crippen molar-refractivity contribution in [3.63, 3.8) is 0 Å². The Morgan fingerprint density at radius 3 is 2.56 bits per heavy atom. The molecule has 0 aromatic carbocycles. The molecule has 1 unspecified atom stereocenters. The third-order valence-corrected chi connectivity index (χ3v) is 6.35. The fourth-order valence-electron chi connectivity index (χ4n) is 3.09. The first-order chi connectivity index (χ1) is 8.59. The molecule has 1 atom stereocenters. The van der Waals surface area contributed by atoms with Gasteiger partial charge in [-0.1, -0.05) is 6.42 Å². The van der Waals surface area contributed by atoms with Crippen LogP contribution in [0.5, 0.6) is 0 Å². The van der Waals surface area contributed by atoms with Crippen molar-refractivity contribution in [3.8, 4) is 0 Å². The van der Waals surface area contributed by atoms with Gasteiger partial charge in [0.05, 0.1) is 5.75 Å². The molecule has 2 aliphatic rings. The van der Waals surface area contributed by atoms with Crippen molar-refractivity contribution >= 4 is 10.0 Å². The molecule has 0 spiro atoms. The SMILES string of the molecule is CC1CCCCN1S(=O)(=O)CCC1CCNCC1. The van der Waals surface area contributed by atoms with Crippen LogP contribution >= 0.6 is 0 Å². The van der Waals surface area contributed by atoms with Crippen LogP contribution in [0.15, 0.2) is 0 Å². The van der Waals surface area contributed by atoms with E-state index < -0.39 is 10.0 Å². The number of piperidine rings is 2. The average Bonchev–Trinajstić information content (AvgIpc) is 2.38. The highest BCUT2D eigenvalue weighted by Crippen LogP contribution is 2.23. The zero-order valence-electron chi connectivity index (χ0n) is 11.4. The zero-order valence-corrected chi connectivity index (χ0v) is 12.2. The summed E-state index contributed by atoms with van der Waals surface area (Å²) >= 11 is 0. The fraction of sp³-hybridized carbons (Fsp3) is 1.00. The summed E-state index contributed by atoms with van der Waals surface area (Å²) in [6.07, 6.45) is 6.31. The van der Waals surface area contributed by atoms with Crippen LogP contribution in [0.2, 0.25) is 0 Å². The third kappa shape index (κ3) is 3.68. The van der Waals surface area contributed by atoms with E-state index in [2.05, 4.69) is 5.32 Å². The first kappa shape index (κ1) is 14.3. The molecule has 106 valence electrons. The minimum absolute atomic E-state index is 0.205.